The van der Waals surface area contributed by atoms with Gasteiger partial charge in [-0.25, -0.2) is 0 Å². The predicted octanol–water partition coefficient (Wildman–Crippen LogP) is 5.98. The van der Waals surface area contributed by atoms with Crippen LogP contribution in [0.4, 0.5) is 5.69 Å². The molecule has 1 aliphatic rings. The van der Waals surface area contributed by atoms with Crippen molar-refractivity contribution in [2.24, 2.45) is 0 Å². The highest BCUT2D eigenvalue weighted by molar-refractivity contribution is 7.80. The van der Waals surface area contributed by atoms with Gasteiger partial charge < -0.3 is 4.90 Å². The average molecular weight is 410 g/mol. The van der Waals surface area contributed by atoms with Gasteiger partial charge >= 0.3 is 0 Å². The van der Waals surface area contributed by atoms with Gasteiger partial charge in [0.15, 0.2) is 0 Å². The van der Waals surface area contributed by atoms with Gasteiger partial charge in [0.2, 0.25) is 0 Å². The Kier molecular flexibility index (Phi) is 5.32. The molecule has 2 atom stereocenters. The van der Waals surface area contributed by atoms with E-state index in [1.54, 1.807) is 0 Å². The van der Waals surface area contributed by atoms with Crippen LogP contribution in [-0.2, 0) is 0 Å². The van der Waals surface area contributed by atoms with E-state index in [9.17, 15) is 0 Å². The van der Waals surface area contributed by atoms with Gasteiger partial charge in [0, 0.05) is 22.8 Å². The molecule has 1 heterocycles. The van der Waals surface area contributed by atoms with E-state index in [1.807, 2.05) is 0 Å². The minimum atomic E-state index is -0.636. The third-order valence-corrected chi connectivity index (χ3v) is 8.83. The van der Waals surface area contributed by atoms with Crippen molar-refractivity contribution in [3.8, 4) is 0 Å². The summed E-state index contributed by atoms with van der Waals surface area (Å²) in [6.45, 7) is 4.78. The molecule has 5 rings (SSSR count). The van der Waals surface area contributed by atoms with Gasteiger partial charge in [-0.3, -0.25) is 0 Å². The Morgan fingerprint density at radius 2 is 1.17 bits per heavy atom. The maximum absolute atomic E-state index is 2.71. The summed E-state index contributed by atoms with van der Waals surface area (Å²) in [6, 6.07) is 36.9. The molecule has 0 radical (unpaired) electrons. The molecule has 0 bridgehead atoms. The van der Waals surface area contributed by atoms with E-state index in [-0.39, 0.29) is 0 Å². The molecule has 1 nitrogen and oxygen atoms in total. The van der Waals surface area contributed by atoms with E-state index in [2.05, 4.69) is 116 Å². The molecule has 1 aliphatic heterocycles. The fourth-order valence-corrected chi connectivity index (χ4v) is 7.38. The Balaban J connectivity index is 1.81. The molecule has 0 aromatic heterocycles. The zero-order valence-electron chi connectivity index (χ0n) is 17.7. The lowest BCUT2D eigenvalue weighted by molar-refractivity contribution is 0.698. The fourth-order valence-electron chi connectivity index (χ4n) is 4.91. The van der Waals surface area contributed by atoms with Gasteiger partial charge in [-0.1, -0.05) is 97.1 Å². The van der Waals surface area contributed by atoms with E-state index in [0.717, 1.165) is 0 Å². The number of anilines is 1. The summed E-state index contributed by atoms with van der Waals surface area (Å²) in [5.41, 5.74) is 1.45. The highest BCUT2D eigenvalue weighted by Gasteiger charge is 2.32. The molecule has 0 N–H and O–H groups in total. The normalized spacial score (nSPS) is 19.0. The van der Waals surface area contributed by atoms with Crippen molar-refractivity contribution < 1.29 is 0 Å². The molecule has 4 aromatic rings. The number of hydrogen-bond donors (Lipinski definition) is 0. The zero-order chi connectivity index (χ0) is 20.5. The summed E-state index contributed by atoms with van der Waals surface area (Å²) >= 11 is 0. The van der Waals surface area contributed by atoms with Crippen LogP contribution in [0.25, 0.3) is 10.8 Å². The van der Waals surface area contributed by atoms with Crippen LogP contribution in [0.3, 0.4) is 0 Å². The second-order valence-electron chi connectivity index (χ2n) is 8.34. The minimum absolute atomic E-state index is 0.563. The smallest absolute Gasteiger partial charge is 0.0535 e. The van der Waals surface area contributed by atoms with Crippen molar-refractivity contribution in [2.75, 3.05) is 4.90 Å². The Labute approximate surface area is 181 Å². The van der Waals surface area contributed by atoms with Crippen molar-refractivity contribution in [3.05, 3.63) is 97.1 Å². The number of nitrogens with zero attached hydrogens (tertiary/aromatic N) is 1. The Bertz CT molecular complexity index is 1090. The van der Waals surface area contributed by atoms with Gasteiger partial charge in [-0.15, -0.1) is 0 Å². The standard InChI is InChI=1S/C28H28NP/c1-21-17-18-22(2)29(21)28-26-16-10-9-11-23(26)19-20-27(28)30(24-12-5-3-6-13-24)25-14-7-4-8-15-25/h3-16,19-22H,17-18H2,1-2H3/t21-,22-/m1/s1. The van der Waals surface area contributed by atoms with Gasteiger partial charge in [-0.05, 0) is 50.6 Å². The van der Waals surface area contributed by atoms with Crippen LogP contribution in [-0.4, -0.2) is 12.1 Å². The van der Waals surface area contributed by atoms with E-state index < -0.39 is 7.92 Å². The molecule has 30 heavy (non-hydrogen) atoms. The van der Waals surface area contributed by atoms with Crippen LogP contribution >= 0.6 is 7.92 Å². The lowest BCUT2D eigenvalue weighted by Gasteiger charge is -2.34. The number of fused-ring (bicyclic) bond motifs is 1. The summed E-state index contributed by atoms with van der Waals surface area (Å²) in [5, 5.41) is 7.01. The Morgan fingerprint density at radius 3 is 1.77 bits per heavy atom. The van der Waals surface area contributed by atoms with Crippen LogP contribution in [0.5, 0.6) is 0 Å². The molecule has 1 saturated heterocycles. The summed E-state index contributed by atoms with van der Waals surface area (Å²) in [6.07, 6.45) is 2.52. The van der Waals surface area contributed by atoms with Crippen LogP contribution in [0.15, 0.2) is 97.1 Å². The Morgan fingerprint density at radius 1 is 0.633 bits per heavy atom. The van der Waals surface area contributed by atoms with Crippen molar-refractivity contribution in [2.45, 2.75) is 38.8 Å². The zero-order valence-corrected chi connectivity index (χ0v) is 18.6. The van der Waals surface area contributed by atoms with Gasteiger partial charge in [0.1, 0.15) is 0 Å². The molecule has 0 saturated carbocycles. The quantitative estimate of drug-likeness (QED) is 0.375. The number of hydrogen-bond acceptors (Lipinski definition) is 1. The highest BCUT2D eigenvalue weighted by Crippen LogP contribution is 2.42. The van der Waals surface area contributed by atoms with Gasteiger partial charge in [-0.2, -0.15) is 0 Å². The molecule has 0 spiro atoms. The van der Waals surface area contributed by atoms with E-state index in [4.69, 9.17) is 0 Å². The van der Waals surface area contributed by atoms with Crippen molar-refractivity contribution in [1.29, 1.82) is 0 Å². The van der Waals surface area contributed by atoms with Crippen LogP contribution in [0.2, 0.25) is 0 Å². The summed E-state index contributed by atoms with van der Waals surface area (Å²) in [5.74, 6) is 0. The first-order valence-corrected chi connectivity index (χ1v) is 12.3. The molecule has 0 aliphatic carbocycles. The third-order valence-electron chi connectivity index (χ3n) is 6.36. The lowest BCUT2D eigenvalue weighted by Crippen LogP contribution is -2.37. The molecule has 4 aromatic carbocycles. The highest BCUT2D eigenvalue weighted by atomic mass is 31.1. The largest absolute Gasteiger partial charge is 0.365 e. The monoisotopic (exact) mass is 409 g/mol. The van der Waals surface area contributed by atoms with Crippen LogP contribution < -0.4 is 20.8 Å². The van der Waals surface area contributed by atoms with E-state index in [0.29, 0.717) is 12.1 Å². The average Bonchev–Trinajstić information content (AvgIpc) is 3.13. The molecule has 2 heteroatoms. The topological polar surface area (TPSA) is 3.24 Å². The molecular formula is C28H28NP. The first-order valence-electron chi connectivity index (χ1n) is 10.9. The molecule has 150 valence electrons. The minimum Gasteiger partial charge on any atom is -0.365 e. The molecular weight excluding hydrogens is 381 g/mol. The molecule has 1 fully saturated rings. The summed E-state index contributed by atoms with van der Waals surface area (Å²) < 4.78 is 0. The summed E-state index contributed by atoms with van der Waals surface area (Å²) in [4.78, 5) is 2.71. The second-order valence-corrected chi connectivity index (χ2v) is 10.5. The fraction of sp³-hybridized carbons (Fsp3) is 0.214. The van der Waals surface area contributed by atoms with E-state index in [1.165, 1.54) is 45.2 Å². The van der Waals surface area contributed by atoms with Gasteiger partial charge in [0.25, 0.3) is 0 Å². The first kappa shape index (κ1) is 19.3. The lowest BCUT2D eigenvalue weighted by atomic mass is 10.1. The predicted molar refractivity (Wildman–Crippen MR) is 133 cm³/mol. The first-order chi connectivity index (χ1) is 14.7. The van der Waals surface area contributed by atoms with Gasteiger partial charge in [0.05, 0.1) is 5.69 Å². The van der Waals surface area contributed by atoms with E-state index >= 15 is 0 Å². The SMILES string of the molecule is C[C@@H]1CC[C@@H](C)N1c1c(P(c2ccccc2)c2ccccc2)ccc2ccccc12. The molecule has 0 amide bonds. The number of benzene rings is 4. The Hall–Kier alpha value is -2.63. The van der Waals surface area contributed by atoms with Crippen molar-refractivity contribution >= 4 is 40.3 Å². The van der Waals surface area contributed by atoms with Crippen molar-refractivity contribution in [3.63, 3.8) is 0 Å². The maximum Gasteiger partial charge on any atom is 0.0535 e. The second kappa shape index (κ2) is 8.25. The van der Waals surface area contributed by atoms with Crippen LogP contribution in [0, 0.1) is 0 Å². The maximum atomic E-state index is 2.71. The van der Waals surface area contributed by atoms with Crippen LogP contribution in [0.1, 0.15) is 26.7 Å². The summed E-state index contributed by atoms with van der Waals surface area (Å²) in [7, 11) is -0.636. The van der Waals surface area contributed by atoms with Crippen molar-refractivity contribution in [1.82, 2.24) is 0 Å². The molecule has 0 unspecified atom stereocenters. The number of rotatable bonds is 4. The third kappa shape index (κ3) is 3.42.